The molecule has 1 saturated heterocycles. The summed E-state index contributed by atoms with van der Waals surface area (Å²) < 4.78 is 0. The highest BCUT2D eigenvalue weighted by Gasteiger charge is 2.32. The summed E-state index contributed by atoms with van der Waals surface area (Å²) >= 11 is 0. The van der Waals surface area contributed by atoms with Crippen LogP contribution in [-0.4, -0.2) is 29.3 Å². The molecule has 18 heavy (non-hydrogen) atoms. The lowest BCUT2D eigenvalue weighted by atomic mass is 10.1. The Morgan fingerprint density at radius 2 is 2.17 bits per heavy atom. The van der Waals surface area contributed by atoms with Gasteiger partial charge in [0, 0.05) is 12.2 Å². The standard InChI is InChI=1S/C13H17N3O2/c14-10-4-1-3-9(7-10)8-12(17)16-6-2-5-11(16)13(15)18/h1,3-4,7,11H,2,5-6,8,14H2,(H2,15,18). The predicted octanol–water partition coefficient (Wildman–Crippen LogP) is 0.288. The van der Waals surface area contributed by atoms with E-state index in [0.717, 1.165) is 12.0 Å². The number of nitrogen functional groups attached to an aromatic ring is 1. The zero-order chi connectivity index (χ0) is 13.1. The van der Waals surface area contributed by atoms with E-state index < -0.39 is 11.9 Å². The van der Waals surface area contributed by atoms with Crippen LogP contribution in [0.4, 0.5) is 5.69 Å². The highest BCUT2D eigenvalue weighted by atomic mass is 16.2. The lowest BCUT2D eigenvalue weighted by Gasteiger charge is -2.22. The summed E-state index contributed by atoms with van der Waals surface area (Å²) in [6.07, 6.45) is 1.75. The molecule has 5 nitrogen and oxygen atoms in total. The monoisotopic (exact) mass is 247 g/mol. The van der Waals surface area contributed by atoms with Crippen molar-refractivity contribution in [3.05, 3.63) is 29.8 Å². The van der Waals surface area contributed by atoms with E-state index in [1.807, 2.05) is 12.1 Å². The average molecular weight is 247 g/mol. The van der Waals surface area contributed by atoms with Crippen LogP contribution in [0.15, 0.2) is 24.3 Å². The molecule has 1 aromatic carbocycles. The van der Waals surface area contributed by atoms with Gasteiger partial charge in [-0.15, -0.1) is 0 Å². The van der Waals surface area contributed by atoms with E-state index in [4.69, 9.17) is 11.5 Å². The van der Waals surface area contributed by atoms with Crippen LogP contribution < -0.4 is 11.5 Å². The van der Waals surface area contributed by atoms with Crippen LogP contribution in [0.3, 0.4) is 0 Å². The maximum Gasteiger partial charge on any atom is 0.240 e. The first-order chi connectivity index (χ1) is 8.58. The fourth-order valence-electron chi connectivity index (χ4n) is 2.34. The first-order valence-corrected chi connectivity index (χ1v) is 6.01. The van der Waals surface area contributed by atoms with Crippen LogP contribution in [0.25, 0.3) is 0 Å². The topological polar surface area (TPSA) is 89.4 Å². The quantitative estimate of drug-likeness (QED) is 0.752. The van der Waals surface area contributed by atoms with Crippen LogP contribution in [-0.2, 0) is 16.0 Å². The Balaban J connectivity index is 2.06. The molecule has 1 unspecified atom stereocenters. The summed E-state index contributed by atoms with van der Waals surface area (Å²) in [7, 11) is 0. The molecule has 1 fully saturated rings. The normalized spacial score (nSPS) is 18.9. The molecule has 0 bridgehead atoms. The number of anilines is 1. The van der Waals surface area contributed by atoms with Gasteiger partial charge in [0.05, 0.1) is 6.42 Å². The second-order valence-electron chi connectivity index (χ2n) is 4.57. The summed E-state index contributed by atoms with van der Waals surface area (Å²) in [4.78, 5) is 24.9. The predicted molar refractivity (Wildman–Crippen MR) is 68.5 cm³/mol. The second kappa shape index (κ2) is 5.08. The lowest BCUT2D eigenvalue weighted by molar-refractivity contribution is -0.136. The van der Waals surface area contributed by atoms with Crippen LogP contribution in [0, 0.1) is 0 Å². The van der Waals surface area contributed by atoms with Gasteiger partial charge in [0.2, 0.25) is 11.8 Å². The van der Waals surface area contributed by atoms with Gasteiger partial charge in [-0.2, -0.15) is 0 Å². The number of nitrogens with zero attached hydrogens (tertiary/aromatic N) is 1. The van der Waals surface area contributed by atoms with Crippen molar-refractivity contribution >= 4 is 17.5 Å². The van der Waals surface area contributed by atoms with Crippen LogP contribution in [0.5, 0.6) is 0 Å². The Morgan fingerprint density at radius 3 is 2.83 bits per heavy atom. The minimum Gasteiger partial charge on any atom is -0.399 e. The smallest absolute Gasteiger partial charge is 0.240 e. The van der Waals surface area contributed by atoms with Crippen molar-refractivity contribution in [3.63, 3.8) is 0 Å². The van der Waals surface area contributed by atoms with E-state index in [0.29, 0.717) is 18.7 Å². The third-order valence-corrected chi connectivity index (χ3v) is 3.21. The molecule has 1 aliphatic rings. The number of amides is 2. The second-order valence-corrected chi connectivity index (χ2v) is 4.57. The van der Waals surface area contributed by atoms with Crippen molar-refractivity contribution in [2.45, 2.75) is 25.3 Å². The first-order valence-electron chi connectivity index (χ1n) is 6.01. The lowest BCUT2D eigenvalue weighted by Crippen LogP contribution is -2.44. The highest BCUT2D eigenvalue weighted by Crippen LogP contribution is 2.18. The SMILES string of the molecule is NC(=O)C1CCCN1C(=O)Cc1cccc(N)c1. The Morgan fingerprint density at radius 1 is 1.39 bits per heavy atom. The third kappa shape index (κ3) is 2.61. The number of primary amides is 1. The van der Waals surface area contributed by atoms with Crippen LogP contribution >= 0.6 is 0 Å². The molecule has 0 aromatic heterocycles. The van der Waals surface area contributed by atoms with E-state index in [1.54, 1.807) is 17.0 Å². The Hall–Kier alpha value is -2.04. The number of carbonyl (C=O) groups excluding carboxylic acids is 2. The Labute approximate surface area is 106 Å². The van der Waals surface area contributed by atoms with E-state index >= 15 is 0 Å². The third-order valence-electron chi connectivity index (χ3n) is 3.21. The summed E-state index contributed by atoms with van der Waals surface area (Å²) in [5, 5.41) is 0. The molecule has 1 aliphatic heterocycles. The van der Waals surface area contributed by atoms with Gasteiger partial charge in [0.15, 0.2) is 0 Å². The summed E-state index contributed by atoms with van der Waals surface area (Å²) in [5.41, 5.74) is 12.4. The molecule has 2 rings (SSSR count). The van der Waals surface area contributed by atoms with Gasteiger partial charge in [0.1, 0.15) is 6.04 Å². The summed E-state index contributed by atoms with van der Waals surface area (Å²) in [5.74, 6) is -0.490. The molecule has 0 aliphatic carbocycles. The number of nitrogens with two attached hydrogens (primary N) is 2. The minimum absolute atomic E-state index is 0.0677. The number of carbonyl (C=O) groups is 2. The van der Waals surface area contributed by atoms with Gasteiger partial charge >= 0.3 is 0 Å². The molecule has 4 N–H and O–H groups in total. The molecule has 0 saturated carbocycles. The number of likely N-dealkylation sites (tertiary alicyclic amines) is 1. The maximum atomic E-state index is 12.1. The molecule has 1 aromatic rings. The minimum atomic E-state index is -0.446. The Kier molecular flexibility index (Phi) is 3.50. The number of hydrogen-bond donors (Lipinski definition) is 2. The summed E-state index contributed by atoms with van der Waals surface area (Å²) in [6.45, 7) is 0.606. The maximum absolute atomic E-state index is 12.1. The molecule has 0 spiro atoms. The van der Waals surface area contributed by atoms with Crippen molar-refractivity contribution in [2.75, 3.05) is 12.3 Å². The van der Waals surface area contributed by atoms with Crippen molar-refractivity contribution in [1.29, 1.82) is 0 Å². The van der Waals surface area contributed by atoms with E-state index in [-0.39, 0.29) is 12.3 Å². The number of rotatable bonds is 3. The molecule has 5 heteroatoms. The van der Waals surface area contributed by atoms with Crippen molar-refractivity contribution < 1.29 is 9.59 Å². The van der Waals surface area contributed by atoms with Crippen LogP contribution in [0.2, 0.25) is 0 Å². The molecule has 1 atom stereocenters. The average Bonchev–Trinajstić information content (AvgIpc) is 2.77. The van der Waals surface area contributed by atoms with Crippen molar-refractivity contribution in [3.8, 4) is 0 Å². The molecule has 96 valence electrons. The largest absolute Gasteiger partial charge is 0.399 e. The van der Waals surface area contributed by atoms with Gasteiger partial charge in [-0.05, 0) is 30.5 Å². The summed E-state index contributed by atoms with van der Waals surface area (Å²) in [6, 6.07) is 6.76. The van der Waals surface area contributed by atoms with Gasteiger partial charge < -0.3 is 16.4 Å². The zero-order valence-electron chi connectivity index (χ0n) is 10.1. The van der Waals surface area contributed by atoms with Crippen molar-refractivity contribution in [1.82, 2.24) is 4.90 Å². The van der Waals surface area contributed by atoms with Gasteiger partial charge in [-0.3, -0.25) is 9.59 Å². The fourth-order valence-corrected chi connectivity index (χ4v) is 2.34. The first kappa shape index (κ1) is 12.4. The van der Waals surface area contributed by atoms with Gasteiger partial charge in [-0.1, -0.05) is 12.1 Å². The van der Waals surface area contributed by atoms with Crippen molar-refractivity contribution in [2.24, 2.45) is 5.73 Å². The molecule has 0 radical (unpaired) electrons. The Bertz CT molecular complexity index is 473. The van der Waals surface area contributed by atoms with Gasteiger partial charge in [0.25, 0.3) is 0 Å². The van der Waals surface area contributed by atoms with Crippen LogP contribution in [0.1, 0.15) is 18.4 Å². The van der Waals surface area contributed by atoms with E-state index in [2.05, 4.69) is 0 Å². The highest BCUT2D eigenvalue weighted by molar-refractivity contribution is 5.88. The molecule has 1 heterocycles. The molecular formula is C13H17N3O2. The number of hydrogen-bond acceptors (Lipinski definition) is 3. The zero-order valence-corrected chi connectivity index (χ0v) is 10.1. The molecular weight excluding hydrogens is 230 g/mol. The fraction of sp³-hybridized carbons (Fsp3) is 0.385. The molecule has 2 amide bonds. The van der Waals surface area contributed by atoms with E-state index in [9.17, 15) is 9.59 Å². The van der Waals surface area contributed by atoms with E-state index in [1.165, 1.54) is 0 Å². The number of benzene rings is 1. The van der Waals surface area contributed by atoms with Gasteiger partial charge in [-0.25, -0.2) is 0 Å².